The first-order valence-electron chi connectivity index (χ1n) is 5.41. The zero-order chi connectivity index (χ0) is 13.0. The summed E-state index contributed by atoms with van der Waals surface area (Å²) < 4.78 is 9.34. The molecule has 0 aliphatic heterocycles. The van der Waals surface area contributed by atoms with Gasteiger partial charge in [0.25, 0.3) is 0 Å². The average molecular weight is 263 g/mol. The molecule has 0 bridgehead atoms. The number of carbonyl (C=O) groups is 1. The van der Waals surface area contributed by atoms with Gasteiger partial charge in [-0.2, -0.15) is 4.37 Å². The van der Waals surface area contributed by atoms with Gasteiger partial charge in [-0.3, -0.25) is 4.79 Å². The molecule has 0 aliphatic carbocycles. The molecule has 0 amide bonds. The maximum Gasteiger partial charge on any atom is 0.207 e. The summed E-state index contributed by atoms with van der Waals surface area (Å²) in [6.07, 6.45) is 0.268. The van der Waals surface area contributed by atoms with Gasteiger partial charge in [0.1, 0.15) is 11.5 Å². The molecule has 0 radical (unpaired) electrons. The fourth-order valence-corrected chi connectivity index (χ4v) is 2.06. The lowest BCUT2D eigenvalue weighted by atomic mass is 10.3. The van der Waals surface area contributed by atoms with E-state index in [1.165, 1.54) is 18.5 Å². The van der Waals surface area contributed by atoms with Crippen LogP contribution in [-0.2, 0) is 11.2 Å². The van der Waals surface area contributed by atoms with Crippen LogP contribution >= 0.6 is 11.5 Å². The summed E-state index contributed by atoms with van der Waals surface area (Å²) in [5.74, 6) is 1.34. The Morgan fingerprint density at radius 2 is 2.22 bits per heavy atom. The van der Waals surface area contributed by atoms with E-state index in [4.69, 9.17) is 4.74 Å². The molecular weight excluding hydrogens is 250 g/mol. The van der Waals surface area contributed by atoms with Crippen LogP contribution < -0.4 is 10.1 Å². The normalized spacial score (nSPS) is 10.1. The second-order valence-electron chi connectivity index (χ2n) is 3.72. The Kier molecular flexibility index (Phi) is 3.88. The van der Waals surface area contributed by atoms with Crippen molar-refractivity contribution in [3.8, 4) is 5.75 Å². The van der Waals surface area contributed by atoms with Crippen LogP contribution in [0.5, 0.6) is 5.75 Å². The Labute approximate surface area is 109 Å². The van der Waals surface area contributed by atoms with E-state index >= 15 is 0 Å². The third-order valence-electron chi connectivity index (χ3n) is 2.22. The van der Waals surface area contributed by atoms with Gasteiger partial charge in [0.05, 0.1) is 19.2 Å². The van der Waals surface area contributed by atoms with Gasteiger partial charge in [0, 0.05) is 11.5 Å². The third kappa shape index (κ3) is 3.04. The lowest BCUT2D eigenvalue weighted by Crippen LogP contribution is -1.99. The molecule has 2 aromatic rings. The molecule has 5 nitrogen and oxygen atoms in total. The summed E-state index contributed by atoms with van der Waals surface area (Å²) in [5, 5.41) is 3.77. The van der Waals surface area contributed by atoms with Crippen LogP contribution in [-0.4, -0.2) is 22.3 Å². The lowest BCUT2D eigenvalue weighted by Gasteiger charge is -2.07. The van der Waals surface area contributed by atoms with E-state index in [0.717, 1.165) is 11.4 Å². The second-order valence-corrected chi connectivity index (χ2v) is 4.47. The minimum absolute atomic E-state index is 0.0524. The van der Waals surface area contributed by atoms with Gasteiger partial charge in [-0.15, -0.1) is 0 Å². The molecule has 2 rings (SSSR count). The lowest BCUT2D eigenvalue weighted by molar-refractivity contribution is -0.116. The van der Waals surface area contributed by atoms with Gasteiger partial charge >= 0.3 is 0 Å². The molecule has 0 spiro atoms. The molecule has 6 heteroatoms. The van der Waals surface area contributed by atoms with Crippen LogP contribution in [0.25, 0.3) is 0 Å². The van der Waals surface area contributed by atoms with Crippen molar-refractivity contribution in [2.45, 2.75) is 13.3 Å². The number of nitrogens with zero attached hydrogens (tertiary/aromatic N) is 2. The summed E-state index contributed by atoms with van der Waals surface area (Å²) in [7, 11) is 1.61. The summed E-state index contributed by atoms with van der Waals surface area (Å²) in [6.45, 7) is 1.52. The smallest absolute Gasteiger partial charge is 0.207 e. The summed E-state index contributed by atoms with van der Waals surface area (Å²) in [6, 6.07) is 7.55. The number of para-hydroxylation sites is 2. The van der Waals surface area contributed by atoms with Crippen LogP contribution in [0, 0.1) is 0 Å². The van der Waals surface area contributed by atoms with E-state index in [9.17, 15) is 4.79 Å². The van der Waals surface area contributed by atoms with Gasteiger partial charge in [-0.25, -0.2) is 4.98 Å². The van der Waals surface area contributed by atoms with Crippen molar-refractivity contribution < 1.29 is 9.53 Å². The topological polar surface area (TPSA) is 64.1 Å². The number of methoxy groups -OCH3 is 1. The minimum atomic E-state index is 0.0524. The highest BCUT2D eigenvalue weighted by atomic mass is 32.1. The Bertz CT molecular complexity index is 554. The fraction of sp³-hybridized carbons (Fsp3) is 0.250. The van der Waals surface area contributed by atoms with E-state index in [0.29, 0.717) is 11.0 Å². The van der Waals surface area contributed by atoms with Gasteiger partial charge in [0.15, 0.2) is 5.82 Å². The molecule has 1 N–H and O–H groups in total. The molecule has 0 unspecified atom stereocenters. The molecule has 1 aromatic carbocycles. The molecular formula is C12H13N3O2S. The van der Waals surface area contributed by atoms with E-state index in [1.807, 2.05) is 24.3 Å². The van der Waals surface area contributed by atoms with Crippen LogP contribution in [0.1, 0.15) is 12.7 Å². The van der Waals surface area contributed by atoms with Gasteiger partial charge in [-0.05, 0) is 19.1 Å². The van der Waals surface area contributed by atoms with E-state index in [2.05, 4.69) is 14.7 Å². The minimum Gasteiger partial charge on any atom is -0.495 e. The maximum atomic E-state index is 11.0. The number of benzene rings is 1. The highest BCUT2D eigenvalue weighted by Gasteiger charge is 2.08. The molecule has 1 heterocycles. The van der Waals surface area contributed by atoms with Crippen molar-refractivity contribution in [2.24, 2.45) is 0 Å². The summed E-state index contributed by atoms with van der Waals surface area (Å²) in [5.41, 5.74) is 0.825. The van der Waals surface area contributed by atoms with Crippen LogP contribution in [0.2, 0.25) is 0 Å². The van der Waals surface area contributed by atoms with Gasteiger partial charge < -0.3 is 10.1 Å². The number of aromatic nitrogens is 2. The van der Waals surface area contributed by atoms with E-state index in [-0.39, 0.29) is 12.2 Å². The highest BCUT2D eigenvalue weighted by Crippen LogP contribution is 2.27. The largest absolute Gasteiger partial charge is 0.495 e. The summed E-state index contributed by atoms with van der Waals surface area (Å²) in [4.78, 5) is 15.2. The van der Waals surface area contributed by atoms with Crippen molar-refractivity contribution in [3.05, 3.63) is 30.1 Å². The van der Waals surface area contributed by atoms with Crippen LogP contribution in [0.3, 0.4) is 0 Å². The zero-order valence-corrected chi connectivity index (χ0v) is 11.0. The Balaban J connectivity index is 2.13. The number of rotatable bonds is 5. The molecule has 0 aliphatic rings. The number of carbonyl (C=O) groups excluding carboxylic acids is 1. The predicted molar refractivity (Wildman–Crippen MR) is 70.6 cm³/mol. The molecule has 0 saturated heterocycles. The monoisotopic (exact) mass is 263 g/mol. The number of hydrogen-bond donors (Lipinski definition) is 1. The molecule has 0 atom stereocenters. The SMILES string of the molecule is COc1ccccc1Nc1nc(CC(C)=O)ns1. The third-order valence-corrected chi connectivity index (χ3v) is 2.89. The number of anilines is 2. The number of hydrogen-bond acceptors (Lipinski definition) is 6. The van der Waals surface area contributed by atoms with Crippen molar-refractivity contribution in [2.75, 3.05) is 12.4 Å². The van der Waals surface area contributed by atoms with Crippen LogP contribution in [0.15, 0.2) is 24.3 Å². The van der Waals surface area contributed by atoms with Crippen molar-refractivity contribution in [1.29, 1.82) is 0 Å². The van der Waals surface area contributed by atoms with Crippen LogP contribution in [0.4, 0.5) is 10.8 Å². The number of nitrogens with one attached hydrogen (secondary N) is 1. The van der Waals surface area contributed by atoms with Crippen molar-refractivity contribution >= 4 is 28.1 Å². The fourth-order valence-electron chi connectivity index (χ4n) is 1.46. The van der Waals surface area contributed by atoms with Crippen molar-refractivity contribution in [1.82, 2.24) is 9.36 Å². The zero-order valence-electron chi connectivity index (χ0n) is 10.1. The first-order chi connectivity index (χ1) is 8.69. The van der Waals surface area contributed by atoms with Crippen molar-refractivity contribution in [3.63, 3.8) is 0 Å². The quantitative estimate of drug-likeness (QED) is 0.897. The Morgan fingerprint density at radius 1 is 1.44 bits per heavy atom. The predicted octanol–water partition coefficient (Wildman–Crippen LogP) is 2.42. The Hall–Kier alpha value is -1.95. The first kappa shape index (κ1) is 12.5. The van der Waals surface area contributed by atoms with E-state index < -0.39 is 0 Å². The highest BCUT2D eigenvalue weighted by molar-refractivity contribution is 7.09. The Morgan fingerprint density at radius 3 is 2.94 bits per heavy atom. The first-order valence-corrected chi connectivity index (χ1v) is 6.18. The number of ether oxygens (including phenoxy) is 1. The standard InChI is InChI=1S/C12H13N3O2S/c1-8(16)7-11-14-12(18-15-11)13-9-5-3-4-6-10(9)17-2/h3-6H,7H2,1-2H3,(H,13,14,15). The van der Waals surface area contributed by atoms with Gasteiger partial charge in [0.2, 0.25) is 5.13 Å². The number of ketones is 1. The number of Topliss-reactive ketones (excluding diaryl/α,β-unsaturated/α-hetero) is 1. The maximum absolute atomic E-state index is 11.0. The molecule has 18 heavy (non-hydrogen) atoms. The van der Waals surface area contributed by atoms with Gasteiger partial charge in [-0.1, -0.05) is 12.1 Å². The molecule has 0 fully saturated rings. The van der Waals surface area contributed by atoms with E-state index in [1.54, 1.807) is 7.11 Å². The summed E-state index contributed by atoms with van der Waals surface area (Å²) >= 11 is 1.23. The average Bonchev–Trinajstić information content (AvgIpc) is 2.76. The molecule has 1 aromatic heterocycles. The molecule has 94 valence electrons. The molecule has 0 saturated carbocycles. The second kappa shape index (κ2) is 5.59.